The SMILES string of the molecule is CCOP(=O)(OCC)C(CCN(C=O)OCc1ccccc1)c1ccc(OC)cc1. The second-order valence-electron chi connectivity index (χ2n) is 6.46. The number of carbonyl (C=O) groups is 1. The first-order chi connectivity index (χ1) is 14.6. The molecule has 1 amide bonds. The molecule has 1 unspecified atom stereocenters. The van der Waals surface area contributed by atoms with E-state index >= 15 is 0 Å². The molecule has 0 N–H and O–H groups in total. The van der Waals surface area contributed by atoms with Crippen LogP contribution in [-0.2, 0) is 29.9 Å². The molecule has 0 aromatic heterocycles. The second-order valence-corrected chi connectivity index (χ2v) is 8.68. The highest BCUT2D eigenvalue weighted by Gasteiger charge is 2.37. The Morgan fingerprint density at radius 3 is 2.17 bits per heavy atom. The number of hydrogen-bond acceptors (Lipinski definition) is 6. The number of nitrogens with zero attached hydrogens (tertiary/aromatic N) is 1. The molecule has 0 saturated carbocycles. The Morgan fingerprint density at radius 1 is 1.00 bits per heavy atom. The highest BCUT2D eigenvalue weighted by Crippen LogP contribution is 2.62. The zero-order valence-electron chi connectivity index (χ0n) is 17.7. The molecule has 30 heavy (non-hydrogen) atoms. The quantitative estimate of drug-likeness (QED) is 0.237. The van der Waals surface area contributed by atoms with Gasteiger partial charge in [-0.1, -0.05) is 42.5 Å². The van der Waals surface area contributed by atoms with Gasteiger partial charge in [-0.05, 0) is 43.5 Å². The number of benzene rings is 2. The van der Waals surface area contributed by atoms with Gasteiger partial charge in [-0.15, -0.1) is 0 Å². The van der Waals surface area contributed by atoms with Gasteiger partial charge < -0.3 is 13.8 Å². The first kappa shape index (κ1) is 24.1. The summed E-state index contributed by atoms with van der Waals surface area (Å²) in [6, 6.07) is 16.8. The fourth-order valence-electron chi connectivity index (χ4n) is 3.04. The Morgan fingerprint density at radius 2 is 1.63 bits per heavy atom. The molecule has 2 aromatic carbocycles. The second kappa shape index (κ2) is 12.5. The molecule has 1 atom stereocenters. The molecule has 0 aliphatic heterocycles. The van der Waals surface area contributed by atoms with Crippen LogP contribution in [0.5, 0.6) is 5.75 Å². The van der Waals surface area contributed by atoms with Gasteiger partial charge in [0.2, 0.25) is 6.41 Å². The molecular weight excluding hydrogens is 405 g/mol. The monoisotopic (exact) mass is 435 g/mol. The van der Waals surface area contributed by atoms with Crippen molar-refractivity contribution < 1.29 is 28.0 Å². The predicted molar refractivity (Wildman–Crippen MR) is 115 cm³/mol. The third kappa shape index (κ3) is 6.96. The summed E-state index contributed by atoms with van der Waals surface area (Å²) >= 11 is 0. The summed E-state index contributed by atoms with van der Waals surface area (Å²) in [7, 11) is -1.87. The fourth-order valence-corrected chi connectivity index (χ4v) is 5.16. The van der Waals surface area contributed by atoms with E-state index in [1.54, 1.807) is 33.1 Å². The molecule has 0 fully saturated rings. The molecule has 0 aliphatic carbocycles. The van der Waals surface area contributed by atoms with Crippen molar-refractivity contribution in [2.75, 3.05) is 26.9 Å². The third-order valence-corrected chi connectivity index (χ3v) is 7.04. The van der Waals surface area contributed by atoms with Gasteiger partial charge in [0, 0.05) is 6.54 Å². The molecule has 0 spiro atoms. The number of hydrogen-bond donors (Lipinski definition) is 0. The lowest BCUT2D eigenvalue weighted by atomic mass is 10.1. The minimum Gasteiger partial charge on any atom is -0.497 e. The Hall–Kier alpha value is -2.18. The standard InChI is InChI=1S/C22H30NO6P/c1-4-28-30(25,29-5-2)22(20-11-13-21(26-3)14-12-20)15-16-23(18-24)27-17-19-9-7-6-8-10-19/h6-14,18,22H,4-5,15-17H2,1-3H3. The minimum atomic E-state index is -3.46. The van der Waals surface area contributed by atoms with E-state index in [4.69, 9.17) is 18.6 Å². The third-order valence-electron chi connectivity index (χ3n) is 4.48. The number of amides is 1. The Bertz CT molecular complexity index is 789. The highest BCUT2D eigenvalue weighted by atomic mass is 31.2. The molecule has 2 aromatic rings. The van der Waals surface area contributed by atoms with Crippen LogP contribution in [0.4, 0.5) is 0 Å². The topological polar surface area (TPSA) is 74.3 Å². The van der Waals surface area contributed by atoms with E-state index in [2.05, 4.69) is 0 Å². The number of hydroxylamine groups is 2. The van der Waals surface area contributed by atoms with Gasteiger partial charge in [0.15, 0.2) is 0 Å². The molecule has 0 saturated heterocycles. The van der Waals surface area contributed by atoms with Crippen molar-refractivity contribution >= 4 is 14.0 Å². The summed E-state index contributed by atoms with van der Waals surface area (Å²) in [6.45, 7) is 4.56. The average Bonchev–Trinajstić information content (AvgIpc) is 2.77. The van der Waals surface area contributed by atoms with Gasteiger partial charge >= 0.3 is 7.60 Å². The number of carbonyl (C=O) groups excluding carboxylic acids is 1. The summed E-state index contributed by atoms with van der Waals surface area (Å²) in [5.41, 5.74) is 1.19. The Labute approximate surface area is 178 Å². The van der Waals surface area contributed by atoms with Gasteiger partial charge in [-0.2, -0.15) is 0 Å². The van der Waals surface area contributed by atoms with Gasteiger partial charge in [0.05, 0.1) is 26.0 Å². The van der Waals surface area contributed by atoms with Crippen molar-refractivity contribution in [2.24, 2.45) is 0 Å². The molecule has 0 aliphatic rings. The van der Waals surface area contributed by atoms with Crippen molar-refractivity contribution in [2.45, 2.75) is 32.5 Å². The Balaban J connectivity index is 2.16. The van der Waals surface area contributed by atoms with Crippen molar-refractivity contribution in [1.82, 2.24) is 5.06 Å². The number of methoxy groups -OCH3 is 1. The molecule has 164 valence electrons. The molecule has 0 radical (unpaired) electrons. The largest absolute Gasteiger partial charge is 0.497 e. The van der Waals surface area contributed by atoms with E-state index in [0.29, 0.717) is 18.6 Å². The zero-order chi connectivity index (χ0) is 21.8. The van der Waals surface area contributed by atoms with Gasteiger partial charge in [-0.25, -0.2) is 5.06 Å². The number of rotatable bonds is 14. The van der Waals surface area contributed by atoms with Crippen molar-refractivity contribution in [3.8, 4) is 5.75 Å². The van der Waals surface area contributed by atoms with Crippen LogP contribution in [0.25, 0.3) is 0 Å². The van der Waals surface area contributed by atoms with Crippen LogP contribution in [-0.4, -0.2) is 38.3 Å². The van der Waals surface area contributed by atoms with Crippen molar-refractivity contribution in [3.05, 3.63) is 65.7 Å². The maximum atomic E-state index is 13.5. The molecular formula is C22H30NO6P. The van der Waals surface area contributed by atoms with Gasteiger partial charge in [0.25, 0.3) is 0 Å². The molecule has 2 rings (SSSR count). The first-order valence-electron chi connectivity index (χ1n) is 9.97. The van der Waals surface area contributed by atoms with Crippen LogP contribution in [0.3, 0.4) is 0 Å². The number of ether oxygens (including phenoxy) is 1. The average molecular weight is 435 g/mol. The summed E-state index contributed by atoms with van der Waals surface area (Å²) in [4.78, 5) is 17.1. The summed E-state index contributed by atoms with van der Waals surface area (Å²) in [5.74, 6) is 0.695. The normalized spacial score (nSPS) is 12.4. The summed E-state index contributed by atoms with van der Waals surface area (Å²) < 4.78 is 29.9. The smallest absolute Gasteiger partial charge is 0.338 e. The van der Waals surface area contributed by atoms with Crippen LogP contribution in [0, 0.1) is 0 Å². The zero-order valence-corrected chi connectivity index (χ0v) is 18.6. The van der Waals surface area contributed by atoms with E-state index in [9.17, 15) is 9.36 Å². The van der Waals surface area contributed by atoms with Gasteiger partial charge in [-0.3, -0.25) is 14.2 Å². The van der Waals surface area contributed by atoms with E-state index in [1.165, 1.54) is 5.06 Å². The van der Waals surface area contributed by atoms with Crippen LogP contribution in [0.2, 0.25) is 0 Å². The van der Waals surface area contributed by atoms with E-state index in [1.807, 2.05) is 42.5 Å². The van der Waals surface area contributed by atoms with Crippen molar-refractivity contribution in [3.63, 3.8) is 0 Å². The lowest BCUT2D eigenvalue weighted by Gasteiger charge is -2.28. The molecule has 0 bridgehead atoms. The van der Waals surface area contributed by atoms with Crippen LogP contribution < -0.4 is 4.74 Å². The fraction of sp³-hybridized carbons (Fsp3) is 0.409. The minimum absolute atomic E-state index is 0.233. The van der Waals surface area contributed by atoms with Crippen molar-refractivity contribution in [1.29, 1.82) is 0 Å². The van der Waals surface area contributed by atoms with Crippen LogP contribution >= 0.6 is 7.60 Å². The maximum absolute atomic E-state index is 13.5. The van der Waals surface area contributed by atoms with E-state index < -0.39 is 13.3 Å². The lowest BCUT2D eigenvalue weighted by molar-refractivity contribution is -0.177. The first-order valence-corrected chi connectivity index (χ1v) is 11.6. The van der Waals surface area contributed by atoms with E-state index in [0.717, 1.165) is 11.1 Å². The summed E-state index contributed by atoms with van der Waals surface area (Å²) in [5, 5.41) is 1.21. The predicted octanol–water partition coefficient (Wildman–Crippen LogP) is 4.98. The molecule has 0 heterocycles. The van der Waals surface area contributed by atoms with Gasteiger partial charge in [0.1, 0.15) is 12.4 Å². The maximum Gasteiger partial charge on any atom is 0.338 e. The Kier molecular flexibility index (Phi) is 10.0. The van der Waals surface area contributed by atoms with E-state index in [-0.39, 0.29) is 26.4 Å². The molecule has 8 heteroatoms. The lowest BCUT2D eigenvalue weighted by Crippen LogP contribution is -2.25. The molecule has 7 nitrogen and oxygen atoms in total. The highest BCUT2D eigenvalue weighted by molar-refractivity contribution is 7.54. The van der Waals surface area contributed by atoms with Crippen LogP contribution in [0.1, 0.15) is 37.1 Å². The summed E-state index contributed by atoms with van der Waals surface area (Å²) in [6.07, 6.45) is 0.970. The van der Waals surface area contributed by atoms with Crippen LogP contribution in [0.15, 0.2) is 54.6 Å².